The van der Waals surface area contributed by atoms with Crippen LogP contribution in [0.4, 0.5) is 0 Å². The summed E-state index contributed by atoms with van der Waals surface area (Å²) in [6.07, 6.45) is 3.24. The molecule has 0 bridgehead atoms. The molecule has 389 valence electrons. The quantitative estimate of drug-likeness (QED) is 0.101. The van der Waals surface area contributed by atoms with Crippen molar-refractivity contribution in [1.29, 1.82) is 0 Å². The van der Waals surface area contributed by atoms with Crippen molar-refractivity contribution in [2.75, 3.05) is 0 Å². The van der Waals surface area contributed by atoms with Crippen molar-refractivity contribution in [3.8, 4) is 45.1 Å². The number of aromatic nitrogens is 4. The number of rotatable bonds is 10. The molecule has 1 radical (unpaired) electrons. The van der Waals surface area contributed by atoms with Crippen LogP contribution in [0.3, 0.4) is 0 Å². The van der Waals surface area contributed by atoms with Crippen LogP contribution in [0, 0.1) is 18.1 Å². The molecule has 0 saturated heterocycles. The molecule has 4 aromatic heterocycles. The zero-order chi connectivity index (χ0) is 53.1. The second-order valence-electron chi connectivity index (χ2n) is 22.7. The van der Waals surface area contributed by atoms with E-state index in [1.54, 1.807) is 0 Å². The first-order valence-corrected chi connectivity index (χ1v) is 30.8. The summed E-state index contributed by atoms with van der Waals surface area (Å²) in [5.74, 6) is 2.00. The molecule has 4 heterocycles. The number of nitrogens with zero attached hydrogens (tertiary/aromatic N) is 4. The van der Waals surface area contributed by atoms with Crippen molar-refractivity contribution in [2.45, 2.75) is 79.4 Å². The molecule has 5 nitrogen and oxygen atoms in total. The molecular weight excluding hydrogens is 1150 g/mol. The van der Waals surface area contributed by atoms with Crippen LogP contribution in [-0.4, -0.2) is 27.2 Å². The smallest absolute Gasteiger partial charge is 0.123 e. The number of furan rings is 1. The maximum Gasteiger partial charge on any atom is 0.123 e. The number of imidazole rings is 1. The van der Waals surface area contributed by atoms with E-state index in [0.29, 0.717) is 5.92 Å². The summed E-state index contributed by atoms with van der Waals surface area (Å²) in [5.41, 5.74) is 17.6. The van der Waals surface area contributed by atoms with E-state index in [1.165, 1.54) is 54.9 Å². The van der Waals surface area contributed by atoms with Gasteiger partial charge in [0.05, 0.1) is 30.5 Å². The van der Waals surface area contributed by atoms with Crippen molar-refractivity contribution < 1.29 is 24.5 Å². The Balaban J connectivity index is 0.000000261. The van der Waals surface area contributed by atoms with Gasteiger partial charge in [0, 0.05) is 64.9 Å². The topological polar surface area (TPSA) is 48.8 Å². The second-order valence-corrected chi connectivity index (χ2v) is 27.7. The number of para-hydroxylation sites is 3. The Bertz CT molecular complexity index is 4250. The fourth-order valence-electron chi connectivity index (χ4n) is 11.6. The Hall–Kier alpha value is -7.67. The minimum absolute atomic E-state index is 0. The van der Waals surface area contributed by atoms with Crippen LogP contribution in [0.1, 0.15) is 70.1 Å². The molecule has 9 aromatic carbocycles. The van der Waals surface area contributed by atoms with E-state index in [2.05, 4.69) is 257 Å². The van der Waals surface area contributed by atoms with Gasteiger partial charge in [0.1, 0.15) is 5.58 Å². The summed E-state index contributed by atoms with van der Waals surface area (Å²) in [6.45, 7) is 21.0. The van der Waals surface area contributed by atoms with E-state index in [4.69, 9.17) is 9.40 Å². The first kappa shape index (κ1) is 52.4. The van der Waals surface area contributed by atoms with E-state index in [1.807, 2.05) is 24.3 Å². The number of benzene rings is 9. The van der Waals surface area contributed by atoms with Crippen molar-refractivity contribution in [1.82, 2.24) is 19.1 Å². The standard InChI is InChI=1S/C53H40N3O.C18H24NSi.Ir/c1-32(2)42-30-36(34-16-6-5-7-17-34)31-43(33(3)4)51(42)56-46-28-26-35-18-8-9-19-37(35)50(46)54-53(56)41-27-29-47(52-49(41)40-22-12-15-25-48(40)57-52)55-44-23-13-10-20-38(44)39-21-11-14-24-45(39)55;1-14(2)11-16-12-17(15-9-7-6-8-10-15)19-13-18(16)20(3,4)5;/h5-26,28-33H,1-4H3;6-9,12-14H,11H2,1-5H3;/q2*-1;. The van der Waals surface area contributed by atoms with Crippen LogP contribution in [0.5, 0.6) is 0 Å². The Morgan fingerprint density at radius 3 is 1.83 bits per heavy atom. The van der Waals surface area contributed by atoms with Gasteiger partial charge in [-0.25, -0.2) is 0 Å². The van der Waals surface area contributed by atoms with Crippen LogP contribution in [0.25, 0.3) is 111 Å². The molecule has 0 fully saturated rings. The largest absolute Gasteiger partial charge is 0.474 e. The fraction of sp³-hybridized carbons (Fsp3) is 0.183. The fourth-order valence-corrected chi connectivity index (χ4v) is 13.2. The number of hydrogen-bond donors (Lipinski definition) is 0. The molecular formula is C71H64IrN4OSi-2. The summed E-state index contributed by atoms with van der Waals surface area (Å²) in [6, 6.07) is 73.9. The molecule has 0 atom stereocenters. The number of pyridine rings is 1. The molecule has 13 aromatic rings. The predicted octanol–water partition coefficient (Wildman–Crippen LogP) is 18.8. The van der Waals surface area contributed by atoms with E-state index in [0.717, 1.165) is 84.1 Å². The van der Waals surface area contributed by atoms with Crippen molar-refractivity contribution >= 4 is 78.8 Å². The van der Waals surface area contributed by atoms with E-state index >= 15 is 0 Å². The van der Waals surface area contributed by atoms with Crippen molar-refractivity contribution in [3.05, 3.63) is 223 Å². The summed E-state index contributed by atoms with van der Waals surface area (Å²) in [4.78, 5) is 10.4. The maximum atomic E-state index is 6.97. The summed E-state index contributed by atoms with van der Waals surface area (Å²) in [7, 11) is -1.34. The predicted molar refractivity (Wildman–Crippen MR) is 328 cm³/mol. The number of hydrogen-bond acceptors (Lipinski definition) is 3. The Kier molecular flexibility index (Phi) is 14.3. The molecule has 0 amide bonds. The van der Waals surface area contributed by atoms with Crippen molar-refractivity contribution in [3.63, 3.8) is 0 Å². The van der Waals surface area contributed by atoms with Gasteiger partial charge in [-0.1, -0.05) is 199 Å². The summed E-state index contributed by atoms with van der Waals surface area (Å²) < 4.78 is 11.7. The van der Waals surface area contributed by atoms with Gasteiger partial charge < -0.3 is 18.5 Å². The maximum absolute atomic E-state index is 6.97. The van der Waals surface area contributed by atoms with Gasteiger partial charge in [-0.15, -0.1) is 48.0 Å². The van der Waals surface area contributed by atoms with E-state index in [9.17, 15) is 0 Å². The minimum atomic E-state index is -1.34. The molecule has 0 aliphatic carbocycles. The van der Waals surface area contributed by atoms with Crippen LogP contribution in [0.15, 0.2) is 199 Å². The third kappa shape index (κ3) is 9.42. The molecule has 0 aliphatic heterocycles. The van der Waals surface area contributed by atoms with Crippen LogP contribution in [0.2, 0.25) is 19.6 Å². The Morgan fingerprint density at radius 2 is 1.19 bits per heavy atom. The minimum Gasteiger partial charge on any atom is -0.474 e. The molecule has 0 N–H and O–H groups in total. The SMILES string of the molecule is CC(C)Cc1cc(-c2[c-]cccc2)ncc1[Si](C)(C)C.CC(C)c1cc(-c2ccccc2)cc(C(C)C)c1-n1c(-c2[c-]cc(-n3c4ccccc4c4ccccc43)c3oc4ccccc4c23)nc2c3ccccc3ccc21.[Ir]. The van der Waals surface area contributed by atoms with Gasteiger partial charge in [-0.2, -0.15) is 0 Å². The Morgan fingerprint density at radius 1 is 0.577 bits per heavy atom. The Labute approximate surface area is 473 Å². The van der Waals surface area contributed by atoms with Gasteiger partial charge in [0.2, 0.25) is 0 Å². The average molecular weight is 1210 g/mol. The van der Waals surface area contributed by atoms with Crippen LogP contribution in [-0.2, 0) is 26.5 Å². The molecule has 78 heavy (non-hydrogen) atoms. The molecule has 0 aliphatic rings. The second kappa shape index (κ2) is 21.3. The van der Waals surface area contributed by atoms with Gasteiger partial charge >= 0.3 is 0 Å². The zero-order valence-electron chi connectivity index (χ0n) is 45.9. The normalized spacial score (nSPS) is 11.9. The third-order valence-electron chi connectivity index (χ3n) is 15.2. The van der Waals surface area contributed by atoms with Crippen molar-refractivity contribution in [2.24, 2.45) is 5.92 Å². The monoisotopic (exact) mass is 1210 g/mol. The molecule has 0 saturated carbocycles. The molecule has 7 heteroatoms. The molecule has 0 spiro atoms. The number of fused-ring (bicyclic) bond motifs is 9. The average Bonchev–Trinajstić information content (AvgIpc) is 4.33. The molecule has 13 rings (SSSR count). The summed E-state index contributed by atoms with van der Waals surface area (Å²) >= 11 is 0. The first-order valence-electron chi connectivity index (χ1n) is 27.3. The summed E-state index contributed by atoms with van der Waals surface area (Å²) in [5, 5.41) is 8.24. The van der Waals surface area contributed by atoms with E-state index < -0.39 is 8.07 Å². The van der Waals surface area contributed by atoms with Gasteiger partial charge in [0.25, 0.3) is 0 Å². The van der Waals surface area contributed by atoms with E-state index in [-0.39, 0.29) is 31.9 Å². The van der Waals surface area contributed by atoms with Crippen LogP contribution >= 0.6 is 0 Å². The van der Waals surface area contributed by atoms with Gasteiger partial charge in [-0.05, 0) is 104 Å². The first-order chi connectivity index (χ1) is 37.3. The third-order valence-corrected chi connectivity index (χ3v) is 17.2. The molecule has 0 unspecified atom stereocenters. The van der Waals surface area contributed by atoms with Gasteiger partial charge in [0.15, 0.2) is 0 Å². The zero-order valence-corrected chi connectivity index (χ0v) is 49.3. The van der Waals surface area contributed by atoms with Gasteiger partial charge in [-0.3, -0.25) is 4.98 Å². The van der Waals surface area contributed by atoms with Crippen LogP contribution < -0.4 is 5.19 Å².